The van der Waals surface area contributed by atoms with Crippen molar-refractivity contribution in [3.8, 4) is 0 Å². The summed E-state index contributed by atoms with van der Waals surface area (Å²) in [6, 6.07) is 0. The van der Waals surface area contributed by atoms with Crippen LogP contribution in [0.1, 0.15) is 6.42 Å². The van der Waals surface area contributed by atoms with Crippen molar-refractivity contribution in [3.63, 3.8) is 0 Å². The van der Waals surface area contributed by atoms with Gasteiger partial charge in [-0.25, -0.2) is 10.9 Å². The maximum atomic E-state index is 12.8. The third kappa shape index (κ3) is 7.12. The maximum absolute atomic E-state index is 12.8. The quantitative estimate of drug-likeness (QED) is 0.0382. The zero-order chi connectivity index (χ0) is 23.9. The molecule has 0 aliphatic carbocycles. The number of hydrogen-bond donors (Lipinski definition) is 9. The molecule has 4 unspecified atom stereocenters. The fourth-order valence-corrected chi connectivity index (χ4v) is 2.54. The number of aliphatic hydroxyl groups excluding tert-OH is 3. The van der Waals surface area contributed by atoms with Gasteiger partial charge in [-0.3, -0.25) is 19.8 Å². The number of nitrogens with one attached hydrogen (secondary N) is 3. The molecule has 0 aromatic carbocycles. The summed E-state index contributed by atoms with van der Waals surface area (Å²) in [7, 11) is 3.51. The molecule has 31 heavy (non-hydrogen) atoms. The van der Waals surface area contributed by atoms with Gasteiger partial charge in [0.15, 0.2) is 12.1 Å². The number of nitrogens with zero attached hydrogens (tertiary/aromatic N) is 2. The maximum Gasteiger partial charge on any atom is 0.288 e. The molecule has 1 heterocycles. The van der Waals surface area contributed by atoms with Crippen LogP contribution >= 0.6 is 0 Å². The molecule has 0 bridgehead atoms. The Morgan fingerprint density at radius 1 is 1.16 bits per heavy atom. The number of aliphatic hydroxyl groups is 3. The number of rotatable bonds is 10. The van der Waals surface area contributed by atoms with E-state index in [9.17, 15) is 24.6 Å². The summed E-state index contributed by atoms with van der Waals surface area (Å²) in [5.41, 5.74) is 9.75. The van der Waals surface area contributed by atoms with Crippen LogP contribution in [0.5, 0.6) is 0 Å². The minimum absolute atomic E-state index is 0.0478. The van der Waals surface area contributed by atoms with E-state index >= 15 is 0 Å². The standard InChI is InChI=1S/C16H30N8O7/c1-23(2)4-3-9(27)22-14(19)10(18)11(21-5-8(17)26)15(30)24(20)16-13(29)12(28)7(6-25)31-16/h7,12-13,16,21,25,28-29H,3-6,18,20H2,1-2H3,(H2,17,26)(H2,19,22,27)/b11-10+. The molecular formula is C16H30N8O7. The van der Waals surface area contributed by atoms with Crippen LogP contribution in [-0.4, -0.2) is 107 Å². The summed E-state index contributed by atoms with van der Waals surface area (Å²) in [4.78, 5) is 37.7. The Labute approximate surface area is 178 Å². The first-order valence-electron chi connectivity index (χ1n) is 9.16. The molecule has 0 saturated carbocycles. The van der Waals surface area contributed by atoms with Crippen LogP contribution in [0, 0.1) is 5.41 Å². The van der Waals surface area contributed by atoms with Crippen molar-refractivity contribution < 1.29 is 34.4 Å². The molecule has 4 atom stereocenters. The van der Waals surface area contributed by atoms with Gasteiger partial charge in [0.1, 0.15) is 29.7 Å². The number of ether oxygens (including phenoxy) is 1. The van der Waals surface area contributed by atoms with Gasteiger partial charge in [0.2, 0.25) is 11.8 Å². The van der Waals surface area contributed by atoms with Gasteiger partial charge in [-0.1, -0.05) is 0 Å². The highest BCUT2D eigenvalue weighted by Crippen LogP contribution is 2.23. The summed E-state index contributed by atoms with van der Waals surface area (Å²) >= 11 is 0. The van der Waals surface area contributed by atoms with E-state index < -0.39 is 72.6 Å². The Hall–Kier alpha value is -2.82. The van der Waals surface area contributed by atoms with E-state index in [-0.39, 0.29) is 6.42 Å². The average Bonchev–Trinajstić information content (AvgIpc) is 2.99. The van der Waals surface area contributed by atoms with Gasteiger partial charge in [0.25, 0.3) is 5.91 Å². The average molecular weight is 446 g/mol. The third-order valence-corrected chi connectivity index (χ3v) is 4.27. The van der Waals surface area contributed by atoms with Gasteiger partial charge in [0, 0.05) is 13.0 Å². The highest BCUT2D eigenvalue weighted by Gasteiger charge is 2.46. The summed E-state index contributed by atoms with van der Waals surface area (Å²) < 4.78 is 5.17. The number of carbonyl (C=O) groups is 3. The number of nitrogens with two attached hydrogens (primary N) is 3. The van der Waals surface area contributed by atoms with E-state index in [1.54, 1.807) is 19.0 Å². The van der Waals surface area contributed by atoms with Crippen LogP contribution in [0.3, 0.4) is 0 Å². The van der Waals surface area contributed by atoms with Crippen molar-refractivity contribution in [2.75, 3.05) is 33.8 Å². The van der Waals surface area contributed by atoms with Crippen LogP contribution in [0.4, 0.5) is 0 Å². The van der Waals surface area contributed by atoms with Gasteiger partial charge in [-0.2, -0.15) is 0 Å². The minimum atomic E-state index is -1.66. The topological polar surface area (TPSA) is 254 Å². The molecular weight excluding hydrogens is 416 g/mol. The molecule has 15 nitrogen and oxygen atoms in total. The van der Waals surface area contributed by atoms with E-state index in [2.05, 4.69) is 10.6 Å². The lowest BCUT2D eigenvalue weighted by molar-refractivity contribution is -0.150. The fraction of sp³-hybridized carbons (Fsp3) is 0.625. The second kappa shape index (κ2) is 11.5. The van der Waals surface area contributed by atoms with E-state index in [1.807, 2.05) is 0 Å². The van der Waals surface area contributed by atoms with Crippen molar-refractivity contribution in [1.82, 2.24) is 20.5 Å². The number of hydrazine groups is 1. The van der Waals surface area contributed by atoms with E-state index in [4.69, 9.17) is 32.6 Å². The molecule has 0 aromatic heterocycles. The van der Waals surface area contributed by atoms with Crippen molar-refractivity contribution >= 4 is 23.6 Å². The molecule has 1 aliphatic rings. The van der Waals surface area contributed by atoms with Crippen molar-refractivity contribution in [1.29, 1.82) is 5.41 Å². The summed E-state index contributed by atoms with van der Waals surface area (Å²) in [5, 5.41) is 41.9. The highest BCUT2D eigenvalue weighted by atomic mass is 16.6. The minimum Gasteiger partial charge on any atom is -0.394 e. The number of amides is 3. The number of primary amides is 1. The SMILES string of the molecule is CN(C)CCC(=O)NC(=N)/C(N)=C(\NCC(N)=O)C(=O)N(N)C1OC(CO)C(O)C1O. The summed E-state index contributed by atoms with van der Waals surface area (Å²) in [5.74, 6) is 2.53. The van der Waals surface area contributed by atoms with Gasteiger partial charge in [0.05, 0.1) is 13.2 Å². The second-order valence-electron chi connectivity index (χ2n) is 7.03. The highest BCUT2D eigenvalue weighted by molar-refractivity contribution is 6.10. The van der Waals surface area contributed by atoms with Crippen LogP contribution in [0.15, 0.2) is 11.4 Å². The van der Waals surface area contributed by atoms with E-state index in [0.29, 0.717) is 11.6 Å². The zero-order valence-electron chi connectivity index (χ0n) is 17.2. The number of carbonyl (C=O) groups excluding carboxylic acids is 3. The lowest BCUT2D eigenvalue weighted by atomic mass is 10.1. The molecule has 3 amide bonds. The normalized spacial score (nSPS) is 23.8. The molecule has 0 spiro atoms. The smallest absolute Gasteiger partial charge is 0.288 e. The molecule has 1 rings (SSSR count). The van der Waals surface area contributed by atoms with Crippen LogP contribution in [0.25, 0.3) is 0 Å². The Kier molecular flexibility index (Phi) is 9.76. The second-order valence-corrected chi connectivity index (χ2v) is 7.03. The first-order valence-corrected chi connectivity index (χ1v) is 9.16. The van der Waals surface area contributed by atoms with Gasteiger partial charge >= 0.3 is 0 Å². The molecule has 1 fully saturated rings. The molecule has 0 radical (unpaired) electrons. The van der Waals surface area contributed by atoms with E-state index in [1.165, 1.54) is 0 Å². The zero-order valence-corrected chi connectivity index (χ0v) is 17.2. The number of hydrogen-bond acceptors (Lipinski definition) is 12. The van der Waals surface area contributed by atoms with Crippen molar-refractivity contribution in [3.05, 3.63) is 11.4 Å². The van der Waals surface area contributed by atoms with Crippen LogP contribution in [-0.2, 0) is 19.1 Å². The van der Waals surface area contributed by atoms with E-state index in [0.717, 1.165) is 0 Å². The molecule has 15 heteroatoms. The molecule has 176 valence electrons. The molecule has 0 aromatic rings. The molecule has 1 saturated heterocycles. The van der Waals surface area contributed by atoms with Crippen molar-refractivity contribution in [2.45, 2.75) is 31.0 Å². The van der Waals surface area contributed by atoms with Gasteiger partial charge in [-0.05, 0) is 14.1 Å². The first-order chi connectivity index (χ1) is 14.4. The first kappa shape index (κ1) is 26.2. The predicted octanol–water partition coefficient (Wildman–Crippen LogP) is -5.58. The largest absolute Gasteiger partial charge is 0.394 e. The monoisotopic (exact) mass is 446 g/mol. The third-order valence-electron chi connectivity index (χ3n) is 4.27. The molecule has 1 aliphatic heterocycles. The van der Waals surface area contributed by atoms with Crippen LogP contribution in [0.2, 0.25) is 0 Å². The lowest BCUT2D eigenvalue weighted by Crippen LogP contribution is -2.54. The summed E-state index contributed by atoms with van der Waals surface area (Å²) in [6.07, 6.45) is -5.90. The van der Waals surface area contributed by atoms with Crippen LogP contribution < -0.4 is 27.9 Å². The Bertz CT molecular complexity index is 729. The Morgan fingerprint density at radius 3 is 2.26 bits per heavy atom. The van der Waals surface area contributed by atoms with Gasteiger partial charge in [-0.15, -0.1) is 0 Å². The number of amidine groups is 1. The summed E-state index contributed by atoms with van der Waals surface area (Å²) in [6.45, 7) is -0.811. The molecule has 12 N–H and O–H groups in total. The predicted molar refractivity (Wildman–Crippen MR) is 106 cm³/mol. The Morgan fingerprint density at radius 2 is 1.77 bits per heavy atom. The Balaban J connectivity index is 3.07. The van der Waals surface area contributed by atoms with Crippen molar-refractivity contribution in [2.24, 2.45) is 17.3 Å². The fourth-order valence-electron chi connectivity index (χ4n) is 2.54. The van der Waals surface area contributed by atoms with Gasteiger partial charge < -0.3 is 47.1 Å². The lowest BCUT2D eigenvalue weighted by Gasteiger charge is -2.27.